The summed E-state index contributed by atoms with van der Waals surface area (Å²) in [6, 6.07) is 0. The maximum absolute atomic E-state index is 13.6. The van der Waals surface area contributed by atoms with Gasteiger partial charge in [-0.1, -0.05) is 53.7 Å². The highest BCUT2D eigenvalue weighted by Crippen LogP contribution is 2.49. The molecule has 0 radical (unpaired) electrons. The van der Waals surface area contributed by atoms with Gasteiger partial charge in [0, 0.05) is 12.8 Å². The van der Waals surface area contributed by atoms with Gasteiger partial charge in [0.05, 0.1) is 5.41 Å². The molecule has 1 rings (SSSR count). The molecule has 1 amide bonds. The summed E-state index contributed by atoms with van der Waals surface area (Å²) in [7, 11) is -5.79. The Labute approximate surface area is 195 Å². The van der Waals surface area contributed by atoms with Gasteiger partial charge >= 0.3 is 21.5 Å². The Balaban J connectivity index is 3.16. The lowest BCUT2D eigenvalue weighted by Crippen LogP contribution is -2.49. The minimum Gasteiger partial charge on any atom is -0.458 e. The van der Waals surface area contributed by atoms with E-state index in [0.717, 1.165) is 10.3 Å². The van der Waals surface area contributed by atoms with E-state index >= 15 is 0 Å². The molecule has 0 saturated heterocycles. The van der Waals surface area contributed by atoms with Crippen LogP contribution >= 0.6 is 0 Å². The normalized spacial score (nSPS) is 22.4. The number of alkyl halides is 3. The average Bonchev–Trinajstić information content (AvgIpc) is 2.56. The predicted molar refractivity (Wildman–Crippen MR) is 120 cm³/mol. The van der Waals surface area contributed by atoms with Crippen molar-refractivity contribution in [3.63, 3.8) is 0 Å². The van der Waals surface area contributed by atoms with Crippen molar-refractivity contribution >= 4 is 21.9 Å². The van der Waals surface area contributed by atoms with E-state index in [0.29, 0.717) is 25.7 Å². The number of hydrogen-bond acceptors (Lipinski definition) is 5. The van der Waals surface area contributed by atoms with Crippen molar-refractivity contribution in [1.29, 1.82) is 0 Å². The van der Waals surface area contributed by atoms with Crippen molar-refractivity contribution in [2.75, 3.05) is 0 Å². The van der Waals surface area contributed by atoms with Crippen LogP contribution < -0.4 is 4.72 Å². The number of nitrogens with one attached hydrogen (secondary N) is 1. The van der Waals surface area contributed by atoms with Crippen LogP contribution in [0.15, 0.2) is 12.2 Å². The summed E-state index contributed by atoms with van der Waals surface area (Å²) in [4.78, 5) is 25.6. The van der Waals surface area contributed by atoms with E-state index in [9.17, 15) is 31.2 Å². The van der Waals surface area contributed by atoms with E-state index < -0.39 is 50.3 Å². The fourth-order valence-corrected chi connectivity index (χ4v) is 4.78. The smallest absolute Gasteiger partial charge is 0.458 e. The third-order valence-corrected chi connectivity index (χ3v) is 7.50. The molecule has 0 aromatic heterocycles. The van der Waals surface area contributed by atoms with Crippen molar-refractivity contribution in [2.24, 2.45) is 16.2 Å². The van der Waals surface area contributed by atoms with Crippen LogP contribution in [0.2, 0.25) is 0 Å². The van der Waals surface area contributed by atoms with Gasteiger partial charge in [0.2, 0.25) is 5.91 Å². The molecule has 1 saturated carbocycles. The van der Waals surface area contributed by atoms with Gasteiger partial charge < -0.3 is 4.74 Å². The first-order chi connectivity index (χ1) is 14.5. The lowest BCUT2D eigenvalue weighted by Gasteiger charge is -2.47. The zero-order chi connectivity index (χ0) is 26.1. The van der Waals surface area contributed by atoms with E-state index in [1.165, 1.54) is 0 Å². The lowest BCUT2D eigenvalue weighted by molar-refractivity contribution is -0.184. The van der Waals surface area contributed by atoms with E-state index in [4.69, 9.17) is 4.74 Å². The molecule has 0 bridgehead atoms. The number of halogens is 3. The Morgan fingerprint density at radius 1 is 1.09 bits per heavy atom. The number of ether oxygens (including phenoxy) is 1. The summed E-state index contributed by atoms with van der Waals surface area (Å²) < 4.78 is 67.4. The van der Waals surface area contributed by atoms with Crippen LogP contribution in [-0.4, -0.2) is 31.4 Å². The van der Waals surface area contributed by atoms with E-state index in [1.54, 1.807) is 0 Å². The van der Waals surface area contributed by atoms with Gasteiger partial charge in [-0.3, -0.25) is 9.59 Å². The van der Waals surface area contributed by atoms with Gasteiger partial charge in [-0.25, -0.2) is 4.72 Å². The van der Waals surface area contributed by atoms with Crippen LogP contribution in [-0.2, 0) is 24.3 Å². The minimum absolute atomic E-state index is 0.104. The Kier molecular flexibility index (Phi) is 8.55. The molecule has 2 atom stereocenters. The molecular formula is C23H38F3NO5S. The Morgan fingerprint density at radius 3 is 2.06 bits per heavy atom. The molecule has 1 N–H and O–H groups in total. The van der Waals surface area contributed by atoms with E-state index in [-0.39, 0.29) is 18.3 Å². The number of carbonyl (C=O) groups excluding carboxylic acids is 2. The van der Waals surface area contributed by atoms with Crippen LogP contribution in [0.4, 0.5) is 13.2 Å². The summed E-state index contributed by atoms with van der Waals surface area (Å²) in [5.41, 5.74) is -7.42. The summed E-state index contributed by atoms with van der Waals surface area (Å²) in [6.45, 7) is 17.7. The molecule has 1 aliphatic carbocycles. The van der Waals surface area contributed by atoms with Crippen LogP contribution in [0.25, 0.3) is 0 Å². The topological polar surface area (TPSA) is 89.5 Å². The van der Waals surface area contributed by atoms with Crippen molar-refractivity contribution < 1.29 is 35.9 Å². The van der Waals surface area contributed by atoms with Gasteiger partial charge in [-0.05, 0) is 49.9 Å². The molecule has 2 unspecified atom stereocenters. The minimum atomic E-state index is -5.79. The highest BCUT2D eigenvalue weighted by Gasteiger charge is 2.51. The molecule has 0 aromatic rings. The Bertz CT molecular complexity index is 868. The van der Waals surface area contributed by atoms with Crippen LogP contribution in [0.3, 0.4) is 0 Å². The molecule has 0 aromatic carbocycles. The lowest BCUT2D eigenvalue weighted by atomic mass is 9.61. The molecule has 10 heteroatoms. The molecule has 1 aliphatic rings. The summed E-state index contributed by atoms with van der Waals surface area (Å²) in [6.07, 6.45) is 1.92. The van der Waals surface area contributed by atoms with Crippen molar-refractivity contribution in [3.05, 3.63) is 12.2 Å². The monoisotopic (exact) mass is 497 g/mol. The van der Waals surface area contributed by atoms with Gasteiger partial charge in [-0.2, -0.15) is 21.6 Å². The number of amides is 1. The molecule has 192 valence electrons. The number of carbonyl (C=O) groups is 2. The molecule has 1 fully saturated rings. The first-order valence-electron chi connectivity index (χ1n) is 11.1. The second-order valence-electron chi connectivity index (χ2n) is 11.6. The number of rotatable bonds is 7. The second kappa shape index (κ2) is 9.58. The summed E-state index contributed by atoms with van der Waals surface area (Å²) in [5.74, 6) is -1.74. The first kappa shape index (κ1) is 29.5. The maximum Gasteiger partial charge on any atom is 0.516 e. The van der Waals surface area contributed by atoms with E-state index in [2.05, 4.69) is 6.58 Å². The SMILES string of the molecule is C=C1CCCC(CCC(=O)NS(=O)(=O)C(F)(F)F)(OC(=O)C(C)(CC(C)(C)C)C(C)(C)C)C1. The van der Waals surface area contributed by atoms with Gasteiger partial charge in [0.1, 0.15) is 5.60 Å². The Morgan fingerprint density at radius 2 is 1.64 bits per heavy atom. The number of sulfonamides is 1. The largest absolute Gasteiger partial charge is 0.516 e. The molecule has 33 heavy (non-hydrogen) atoms. The van der Waals surface area contributed by atoms with Crippen molar-refractivity contribution in [3.8, 4) is 0 Å². The molecule has 0 heterocycles. The molecule has 0 aliphatic heterocycles. The highest BCUT2D eigenvalue weighted by atomic mass is 32.2. The number of hydrogen-bond donors (Lipinski definition) is 1. The first-order valence-corrected chi connectivity index (χ1v) is 12.5. The fraction of sp³-hybridized carbons (Fsp3) is 0.826. The Hall–Kier alpha value is -1.58. The molecule has 6 nitrogen and oxygen atoms in total. The second-order valence-corrected chi connectivity index (χ2v) is 13.3. The fourth-order valence-electron chi connectivity index (χ4n) is 4.26. The van der Waals surface area contributed by atoms with Crippen LogP contribution in [0.1, 0.15) is 93.4 Å². The van der Waals surface area contributed by atoms with Gasteiger partial charge in [0.15, 0.2) is 0 Å². The number of esters is 1. The van der Waals surface area contributed by atoms with Gasteiger partial charge in [0.25, 0.3) is 0 Å². The summed E-state index contributed by atoms with van der Waals surface area (Å²) >= 11 is 0. The van der Waals surface area contributed by atoms with Crippen molar-refractivity contribution in [1.82, 2.24) is 4.72 Å². The quantitative estimate of drug-likeness (QED) is 0.364. The average molecular weight is 498 g/mol. The summed E-state index contributed by atoms with van der Waals surface area (Å²) in [5, 5.41) is 0. The highest BCUT2D eigenvalue weighted by molar-refractivity contribution is 7.90. The third kappa shape index (κ3) is 7.72. The zero-order valence-electron chi connectivity index (χ0n) is 20.7. The maximum atomic E-state index is 13.6. The van der Waals surface area contributed by atoms with Gasteiger partial charge in [-0.15, -0.1) is 0 Å². The van der Waals surface area contributed by atoms with Crippen LogP contribution in [0, 0.1) is 16.2 Å². The molecular weight excluding hydrogens is 459 g/mol. The zero-order valence-corrected chi connectivity index (χ0v) is 21.6. The predicted octanol–water partition coefficient (Wildman–Crippen LogP) is 5.63. The molecule has 0 spiro atoms. The van der Waals surface area contributed by atoms with E-state index in [1.807, 2.05) is 48.5 Å². The van der Waals surface area contributed by atoms with Crippen LogP contribution in [0.5, 0.6) is 0 Å². The third-order valence-electron chi connectivity index (χ3n) is 6.39. The van der Waals surface area contributed by atoms with Crippen molar-refractivity contribution in [2.45, 2.75) is 105 Å². The standard InChI is InChI=1S/C23H38F3NO5S/c1-16-10-9-12-22(14-16,13-11-17(28)27-33(30,31)23(24,25)26)32-18(29)21(8,20(5,6)7)15-19(2,3)4/h1,9-15H2,2-8H3,(H,27,28).